The third-order valence-corrected chi connectivity index (χ3v) is 6.54. The second-order valence-corrected chi connectivity index (χ2v) is 8.58. The molecule has 4 rings (SSSR count). The van der Waals surface area contributed by atoms with Gasteiger partial charge in [-0.15, -0.1) is 11.3 Å². The summed E-state index contributed by atoms with van der Waals surface area (Å²) in [6.07, 6.45) is 0.298. The fourth-order valence-corrected chi connectivity index (χ4v) is 5.15. The topological polar surface area (TPSA) is 84.9 Å². The predicted molar refractivity (Wildman–Crippen MR) is 123 cm³/mol. The van der Waals surface area contributed by atoms with Gasteiger partial charge in [0.1, 0.15) is 5.00 Å². The quantitative estimate of drug-likeness (QED) is 0.581. The third-order valence-electron chi connectivity index (χ3n) is 5.40. The molecule has 0 aliphatic carbocycles. The van der Waals surface area contributed by atoms with E-state index in [4.69, 9.17) is 9.47 Å². The number of methoxy groups -OCH3 is 1. The summed E-state index contributed by atoms with van der Waals surface area (Å²) in [6, 6.07) is 13.9. The number of hydrogen-bond acceptors (Lipinski definition) is 6. The summed E-state index contributed by atoms with van der Waals surface area (Å²) < 4.78 is 10.1. The normalized spacial score (nSPS) is 12.9. The molecular weight excluding hydrogens is 428 g/mol. The maximum absolute atomic E-state index is 12.8. The highest BCUT2D eigenvalue weighted by Crippen LogP contribution is 2.38. The largest absolute Gasteiger partial charge is 0.465 e. The van der Waals surface area contributed by atoms with Gasteiger partial charge in [-0.3, -0.25) is 4.79 Å². The number of nitrogens with one attached hydrogen (secondary N) is 1. The van der Waals surface area contributed by atoms with E-state index in [-0.39, 0.29) is 18.4 Å². The highest BCUT2D eigenvalue weighted by molar-refractivity contribution is 7.17. The highest BCUT2D eigenvalue weighted by atomic mass is 32.1. The Morgan fingerprint density at radius 1 is 1.12 bits per heavy atom. The van der Waals surface area contributed by atoms with E-state index in [9.17, 15) is 14.4 Å². The molecule has 0 bridgehead atoms. The Bertz CT molecular complexity index is 1190. The number of thiophene rings is 1. The van der Waals surface area contributed by atoms with Gasteiger partial charge in [0.05, 0.1) is 32.2 Å². The molecule has 2 heterocycles. The van der Waals surface area contributed by atoms with Crippen molar-refractivity contribution in [3.63, 3.8) is 0 Å². The van der Waals surface area contributed by atoms with Crippen molar-refractivity contribution in [1.29, 1.82) is 0 Å². The third kappa shape index (κ3) is 4.45. The Hall–Kier alpha value is -3.39. The lowest BCUT2D eigenvalue weighted by molar-refractivity contribution is -0.115. The minimum atomic E-state index is -0.493. The van der Waals surface area contributed by atoms with Crippen molar-refractivity contribution in [2.24, 2.45) is 0 Å². The van der Waals surface area contributed by atoms with Crippen LogP contribution in [-0.2, 0) is 33.7 Å². The van der Waals surface area contributed by atoms with Crippen molar-refractivity contribution in [2.45, 2.75) is 26.3 Å². The predicted octanol–water partition coefficient (Wildman–Crippen LogP) is 4.38. The van der Waals surface area contributed by atoms with Crippen LogP contribution in [0.4, 0.5) is 9.80 Å². The second kappa shape index (κ2) is 9.40. The smallest absolute Gasteiger partial charge is 0.410 e. The molecule has 1 aliphatic heterocycles. The van der Waals surface area contributed by atoms with E-state index >= 15 is 0 Å². The van der Waals surface area contributed by atoms with Crippen LogP contribution < -0.4 is 5.32 Å². The van der Waals surface area contributed by atoms with Crippen LogP contribution in [0.1, 0.15) is 33.3 Å². The molecule has 0 atom stereocenters. The summed E-state index contributed by atoms with van der Waals surface area (Å²) in [6.45, 7) is 2.84. The van der Waals surface area contributed by atoms with Crippen molar-refractivity contribution in [3.05, 3.63) is 64.0 Å². The van der Waals surface area contributed by atoms with Gasteiger partial charge in [0.25, 0.3) is 0 Å². The van der Waals surface area contributed by atoms with Crippen molar-refractivity contribution in [2.75, 3.05) is 25.6 Å². The Kier molecular flexibility index (Phi) is 6.41. The van der Waals surface area contributed by atoms with Crippen LogP contribution in [0, 0.1) is 0 Å². The van der Waals surface area contributed by atoms with Crippen LogP contribution in [0.25, 0.3) is 10.8 Å². The molecule has 0 spiro atoms. The van der Waals surface area contributed by atoms with Crippen LogP contribution in [0.3, 0.4) is 0 Å². The van der Waals surface area contributed by atoms with E-state index in [2.05, 4.69) is 5.32 Å². The Balaban J connectivity index is 1.55. The standard InChI is InChI=1S/C24H24N2O5S/c1-3-31-24(29)26-11-10-18-19(14-26)32-22(21(18)23(28)30-2)25-20(27)13-15-8-9-16-6-4-5-7-17(16)12-15/h4-9,12H,3,10-11,13-14H2,1-2H3,(H,25,27). The molecule has 0 unspecified atom stereocenters. The minimum absolute atomic E-state index is 0.183. The van der Waals surface area contributed by atoms with Crippen molar-refractivity contribution in [3.8, 4) is 0 Å². The van der Waals surface area contributed by atoms with E-state index in [0.29, 0.717) is 36.7 Å². The molecule has 0 fully saturated rings. The first-order valence-corrected chi connectivity index (χ1v) is 11.2. The maximum atomic E-state index is 12.8. The van der Waals surface area contributed by atoms with Crippen LogP contribution in [0.2, 0.25) is 0 Å². The Morgan fingerprint density at radius 2 is 1.91 bits per heavy atom. The van der Waals surface area contributed by atoms with E-state index in [1.807, 2.05) is 42.5 Å². The van der Waals surface area contributed by atoms with Gasteiger partial charge in [-0.05, 0) is 35.2 Å². The molecule has 166 valence electrons. The number of esters is 1. The maximum Gasteiger partial charge on any atom is 0.410 e. The number of carbonyl (C=O) groups is 3. The van der Waals surface area contributed by atoms with Crippen molar-refractivity contribution >= 4 is 45.1 Å². The van der Waals surface area contributed by atoms with Crippen LogP contribution >= 0.6 is 11.3 Å². The molecule has 2 aromatic carbocycles. The molecule has 3 aromatic rings. The summed E-state index contributed by atoms with van der Waals surface area (Å²) in [5.41, 5.74) is 2.09. The van der Waals surface area contributed by atoms with E-state index in [1.54, 1.807) is 11.8 Å². The molecule has 1 N–H and O–H groups in total. The van der Waals surface area contributed by atoms with Gasteiger partial charge in [-0.1, -0.05) is 42.5 Å². The van der Waals surface area contributed by atoms with Crippen LogP contribution in [0.5, 0.6) is 0 Å². The molecule has 0 saturated carbocycles. The average Bonchev–Trinajstić information content (AvgIpc) is 3.15. The zero-order valence-electron chi connectivity index (χ0n) is 18.0. The number of ether oxygens (including phenoxy) is 2. The first-order valence-electron chi connectivity index (χ1n) is 10.4. The molecule has 0 radical (unpaired) electrons. The lowest BCUT2D eigenvalue weighted by Crippen LogP contribution is -2.36. The van der Waals surface area contributed by atoms with Crippen LogP contribution in [-0.4, -0.2) is 43.1 Å². The summed E-state index contributed by atoms with van der Waals surface area (Å²) in [7, 11) is 1.32. The van der Waals surface area contributed by atoms with E-state index in [0.717, 1.165) is 26.8 Å². The number of fused-ring (bicyclic) bond motifs is 2. The fraction of sp³-hybridized carbons (Fsp3) is 0.292. The van der Waals surface area contributed by atoms with Gasteiger partial charge in [-0.25, -0.2) is 9.59 Å². The molecule has 1 aliphatic rings. The average molecular weight is 453 g/mol. The van der Waals surface area contributed by atoms with Crippen LogP contribution in [0.15, 0.2) is 42.5 Å². The molecular formula is C24H24N2O5S. The van der Waals surface area contributed by atoms with E-state index in [1.165, 1.54) is 18.4 Å². The molecule has 7 nitrogen and oxygen atoms in total. The molecule has 32 heavy (non-hydrogen) atoms. The van der Waals surface area contributed by atoms with Crippen molar-refractivity contribution in [1.82, 2.24) is 4.90 Å². The number of nitrogens with zero attached hydrogens (tertiary/aromatic N) is 1. The summed E-state index contributed by atoms with van der Waals surface area (Å²) in [4.78, 5) is 39.9. The van der Waals surface area contributed by atoms with Gasteiger partial charge in [0.2, 0.25) is 5.91 Å². The zero-order chi connectivity index (χ0) is 22.7. The zero-order valence-corrected chi connectivity index (χ0v) is 18.8. The summed E-state index contributed by atoms with van der Waals surface area (Å²) in [5, 5.41) is 5.53. The molecule has 2 amide bonds. The van der Waals surface area contributed by atoms with Gasteiger partial charge >= 0.3 is 12.1 Å². The lowest BCUT2D eigenvalue weighted by Gasteiger charge is -2.26. The van der Waals surface area contributed by atoms with Gasteiger partial charge in [-0.2, -0.15) is 0 Å². The van der Waals surface area contributed by atoms with Crippen molar-refractivity contribution < 1.29 is 23.9 Å². The highest BCUT2D eigenvalue weighted by Gasteiger charge is 2.31. The van der Waals surface area contributed by atoms with E-state index < -0.39 is 5.97 Å². The Labute approximate surface area is 189 Å². The van der Waals surface area contributed by atoms with Gasteiger partial charge in [0, 0.05) is 11.4 Å². The Morgan fingerprint density at radius 3 is 2.66 bits per heavy atom. The number of amides is 2. The first-order chi connectivity index (χ1) is 15.5. The number of benzene rings is 2. The molecule has 1 aromatic heterocycles. The number of hydrogen-bond donors (Lipinski definition) is 1. The van der Waals surface area contributed by atoms with Gasteiger partial charge < -0.3 is 19.7 Å². The molecule has 8 heteroatoms. The SMILES string of the molecule is CCOC(=O)N1CCc2c(sc(NC(=O)Cc3ccc4ccccc4c3)c2C(=O)OC)C1. The monoisotopic (exact) mass is 452 g/mol. The number of carbonyl (C=O) groups excluding carboxylic acids is 3. The summed E-state index contributed by atoms with van der Waals surface area (Å²) >= 11 is 1.30. The molecule has 0 saturated heterocycles. The lowest BCUT2D eigenvalue weighted by atomic mass is 10.0. The number of anilines is 1. The number of rotatable bonds is 5. The second-order valence-electron chi connectivity index (χ2n) is 7.48. The first kappa shape index (κ1) is 21.8. The van der Waals surface area contributed by atoms with Gasteiger partial charge in [0.15, 0.2) is 0 Å². The summed E-state index contributed by atoms with van der Waals surface area (Å²) in [5.74, 6) is -0.709. The minimum Gasteiger partial charge on any atom is -0.465 e. The fourth-order valence-electron chi connectivity index (χ4n) is 3.89.